The Morgan fingerprint density at radius 2 is 1.96 bits per heavy atom. The minimum atomic E-state index is -0.575. The van der Waals surface area contributed by atoms with E-state index in [0.717, 1.165) is 13.1 Å². The van der Waals surface area contributed by atoms with E-state index in [-0.39, 0.29) is 29.8 Å². The first-order valence-electron chi connectivity index (χ1n) is 8.68. The van der Waals surface area contributed by atoms with E-state index >= 15 is 0 Å². The number of nitrogens with zero attached hydrogens (tertiary/aromatic N) is 1. The van der Waals surface area contributed by atoms with E-state index in [1.54, 1.807) is 0 Å². The number of nitrogens with one attached hydrogen (secondary N) is 2. The fourth-order valence-corrected chi connectivity index (χ4v) is 2.82. The van der Waals surface area contributed by atoms with E-state index in [9.17, 15) is 9.59 Å². The second-order valence-electron chi connectivity index (χ2n) is 7.77. The van der Waals surface area contributed by atoms with Crippen molar-refractivity contribution in [1.82, 2.24) is 15.5 Å². The van der Waals surface area contributed by atoms with Crippen molar-refractivity contribution in [2.45, 2.75) is 59.0 Å². The van der Waals surface area contributed by atoms with Crippen LogP contribution in [0.2, 0.25) is 0 Å². The smallest absolute Gasteiger partial charge is 0.239 e. The first-order chi connectivity index (χ1) is 10.6. The molecule has 1 saturated heterocycles. The monoisotopic (exact) mass is 326 g/mol. The van der Waals surface area contributed by atoms with Gasteiger partial charge < -0.3 is 16.4 Å². The first kappa shape index (κ1) is 19.9. The van der Waals surface area contributed by atoms with Gasteiger partial charge in [0.25, 0.3) is 0 Å². The number of nitrogens with two attached hydrogens (primary N) is 1. The van der Waals surface area contributed by atoms with Gasteiger partial charge in [-0.1, -0.05) is 20.8 Å². The highest BCUT2D eigenvalue weighted by Gasteiger charge is 2.30. The summed E-state index contributed by atoms with van der Waals surface area (Å²) < 4.78 is 0. The van der Waals surface area contributed by atoms with Crippen LogP contribution in [-0.4, -0.2) is 54.5 Å². The van der Waals surface area contributed by atoms with Crippen LogP contribution in [0.1, 0.15) is 47.5 Å². The van der Waals surface area contributed by atoms with Gasteiger partial charge in [-0.15, -0.1) is 0 Å². The second-order valence-corrected chi connectivity index (χ2v) is 7.77. The summed E-state index contributed by atoms with van der Waals surface area (Å²) in [6, 6.07) is -0.575. The quantitative estimate of drug-likeness (QED) is 0.643. The van der Waals surface area contributed by atoms with Gasteiger partial charge in [-0.25, -0.2) is 0 Å². The van der Waals surface area contributed by atoms with E-state index in [2.05, 4.69) is 36.3 Å². The van der Waals surface area contributed by atoms with Crippen LogP contribution in [0.5, 0.6) is 0 Å². The number of hydrogen-bond acceptors (Lipinski definition) is 4. The Hall–Kier alpha value is -1.14. The normalized spacial score (nSPS) is 21.1. The number of rotatable bonds is 7. The molecule has 4 N–H and O–H groups in total. The average Bonchev–Trinajstić information content (AvgIpc) is 2.49. The van der Waals surface area contributed by atoms with Gasteiger partial charge in [0.05, 0.1) is 12.6 Å². The van der Waals surface area contributed by atoms with Gasteiger partial charge in [-0.3, -0.25) is 14.5 Å². The fraction of sp³-hybridized carbons (Fsp3) is 0.882. The zero-order valence-corrected chi connectivity index (χ0v) is 15.3. The minimum absolute atomic E-state index is 0.0221. The number of amides is 2. The standard InChI is InChI=1S/C17H34N4O2/c1-12(2)15(18)16(23)19-9-14(22)20-11-17(4,5)21-8-6-7-13(3)10-21/h12-13,15H,6-11,18H2,1-5H3,(H,19,23)(H,20,22)/t13?,15-/m0/s1. The van der Waals surface area contributed by atoms with Crippen molar-refractivity contribution in [3.8, 4) is 0 Å². The molecule has 6 nitrogen and oxygen atoms in total. The molecule has 0 aromatic carbocycles. The molecule has 1 rings (SSSR count). The molecule has 1 aliphatic heterocycles. The average molecular weight is 326 g/mol. The number of likely N-dealkylation sites (tertiary alicyclic amines) is 1. The third kappa shape index (κ3) is 6.47. The lowest BCUT2D eigenvalue weighted by molar-refractivity contribution is -0.127. The van der Waals surface area contributed by atoms with Gasteiger partial charge in [-0.2, -0.15) is 0 Å². The van der Waals surface area contributed by atoms with E-state index in [4.69, 9.17) is 5.73 Å². The van der Waals surface area contributed by atoms with Crippen molar-refractivity contribution in [3.63, 3.8) is 0 Å². The zero-order valence-electron chi connectivity index (χ0n) is 15.3. The summed E-state index contributed by atoms with van der Waals surface area (Å²) in [5.41, 5.74) is 5.67. The summed E-state index contributed by atoms with van der Waals surface area (Å²) in [7, 11) is 0. The molecule has 0 aliphatic carbocycles. The number of hydrogen-bond donors (Lipinski definition) is 3. The predicted molar refractivity (Wildman–Crippen MR) is 92.9 cm³/mol. The van der Waals surface area contributed by atoms with Crippen molar-refractivity contribution in [3.05, 3.63) is 0 Å². The maximum Gasteiger partial charge on any atom is 0.239 e. The van der Waals surface area contributed by atoms with E-state index in [1.807, 2.05) is 13.8 Å². The Bertz CT molecular complexity index is 409. The van der Waals surface area contributed by atoms with Crippen LogP contribution in [-0.2, 0) is 9.59 Å². The summed E-state index contributed by atoms with van der Waals surface area (Å²) in [4.78, 5) is 26.1. The Morgan fingerprint density at radius 3 is 2.52 bits per heavy atom. The topological polar surface area (TPSA) is 87.5 Å². The van der Waals surface area contributed by atoms with Gasteiger partial charge in [0, 0.05) is 18.6 Å². The van der Waals surface area contributed by atoms with Crippen molar-refractivity contribution >= 4 is 11.8 Å². The van der Waals surface area contributed by atoms with Crippen LogP contribution in [0.25, 0.3) is 0 Å². The van der Waals surface area contributed by atoms with Crippen LogP contribution in [0.3, 0.4) is 0 Å². The maximum absolute atomic E-state index is 11.9. The molecule has 1 aliphatic rings. The number of piperidine rings is 1. The summed E-state index contributed by atoms with van der Waals surface area (Å²) in [5.74, 6) is 0.306. The third-order valence-corrected chi connectivity index (χ3v) is 4.68. The molecule has 0 saturated carbocycles. The van der Waals surface area contributed by atoms with Crippen LogP contribution >= 0.6 is 0 Å². The second kappa shape index (κ2) is 8.64. The summed E-state index contributed by atoms with van der Waals surface area (Å²) in [6.45, 7) is 13.0. The molecule has 23 heavy (non-hydrogen) atoms. The lowest BCUT2D eigenvalue weighted by atomic mass is 9.93. The van der Waals surface area contributed by atoms with Crippen LogP contribution in [0.4, 0.5) is 0 Å². The van der Waals surface area contributed by atoms with E-state index in [0.29, 0.717) is 12.5 Å². The molecule has 134 valence electrons. The number of carbonyl (C=O) groups is 2. The molecule has 0 radical (unpaired) electrons. The molecule has 2 atom stereocenters. The molecule has 2 amide bonds. The Labute approximate surface area is 140 Å². The van der Waals surface area contributed by atoms with E-state index < -0.39 is 6.04 Å². The maximum atomic E-state index is 11.9. The highest BCUT2D eigenvalue weighted by Crippen LogP contribution is 2.23. The molecular weight excluding hydrogens is 292 g/mol. The summed E-state index contributed by atoms with van der Waals surface area (Å²) in [5, 5.41) is 5.52. The van der Waals surface area contributed by atoms with Gasteiger partial charge in [0.1, 0.15) is 0 Å². The molecule has 1 unspecified atom stereocenters. The predicted octanol–water partition coefficient (Wildman–Crippen LogP) is 0.713. The molecule has 0 spiro atoms. The molecule has 0 bridgehead atoms. The van der Waals surface area contributed by atoms with Crippen molar-refractivity contribution in [2.24, 2.45) is 17.6 Å². The lowest BCUT2D eigenvalue weighted by Crippen LogP contribution is -2.55. The van der Waals surface area contributed by atoms with Gasteiger partial charge in [0.15, 0.2) is 0 Å². The van der Waals surface area contributed by atoms with Gasteiger partial charge in [-0.05, 0) is 45.1 Å². The highest BCUT2D eigenvalue weighted by molar-refractivity contribution is 5.87. The molecule has 1 heterocycles. The molecule has 6 heteroatoms. The van der Waals surface area contributed by atoms with Crippen LogP contribution < -0.4 is 16.4 Å². The molecule has 0 aromatic heterocycles. The fourth-order valence-electron chi connectivity index (χ4n) is 2.82. The van der Waals surface area contributed by atoms with E-state index in [1.165, 1.54) is 12.8 Å². The zero-order chi connectivity index (χ0) is 17.6. The van der Waals surface area contributed by atoms with Crippen molar-refractivity contribution < 1.29 is 9.59 Å². The minimum Gasteiger partial charge on any atom is -0.353 e. The van der Waals surface area contributed by atoms with Crippen LogP contribution in [0, 0.1) is 11.8 Å². The number of carbonyl (C=O) groups excluding carboxylic acids is 2. The Kier molecular flexibility index (Phi) is 7.48. The van der Waals surface area contributed by atoms with Crippen molar-refractivity contribution in [2.75, 3.05) is 26.2 Å². The summed E-state index contributed by atoms with van der Waals surface area (Å²) in [6.07, 6.45) is 2.49. The van der Waals surface area contributed by atoms with Gasteiger partial charge >= 0.3 is 0 Å². The van der Waals surface area contributed by atoms with Crippen molar-refractivity contribution in [1.29, 1.82) is 0 Å². The Balaban J connectivity index is 2.35. The lowest BCUT2D eigenvalue weighted by Gasteiger charge is -2.43. The SMILES string of the molecule is CC1CCCN(C(C)(C)CNC(=O)CNC(=O)[C@@H](N)C(C)C)C1. The summed E-state index contributed by atoms with van der Waals surface area (Å²) >= 11 is 0. The molecule has 1 fully saturated rings. The largest absolute Gasteiger partial charge is 0.353 e. The third-order valence-electron chi connectivity index (χ3n) is 4.68. The highest BCUT2D eigenvalue weighted by atomic mass is 16.2. The van der Waals surface area contributed by atoms with Gasteiger partial charge in [0.2, 0.25) is 11.8 Å². The first-order valence-corrected chi connectivity index (χ1v) is 8.68. The Morgan fingerprint density at radius 1 is 1.30 bits per heavy atom. The molecule has 0 aromatic rings. The molecular formula is C17H34N4O2. The van der Waals surface area contributed by atoms with Crippen LogP contribution in [0.15, 0.2) is 0 Å².